The van der Waals surface area contributed by atoms with Crippen LogP contribution in [0.15, 0.2) is 42.5 Å². The first-order chi connectivity index (χ1) is 12.2. The number of thiocarbonyl (C=S) groups is 1. The minimum atomic E-state index is -4.40. The van der Waals surface area contributed by atoms with Crippen LogP contribution in [0.1, 0.15) is 11.1 Å². The molecule has 0 saturated carbocycles. The molecule has 0 unspecified atom stereocenters. The number of rotatable bonds is 5. The minimum Gasteiger partial charge on any atom is -0.497 e. The molecule has 2 aromatic carbocycles. The maximum atomic E-state index is 12.8. The summed E-state index contributed by atoms with van der Waals surface area (Å²) in [5.41, 5.74) is 0.409. The van der Waals surface area contributed by atoms with Gasteiger partial charge in [0.05, 0.1) is 19.8 Å². The highest BCUT2D eigenvalue weighted by molar-refractivity contribution is 7.80. The number of nitrogens with zero attached hydrogens (tertiary/aromatic N) is 1. The molecule has 8 heteroatoms. The second kappa shape index (κ2) is 8.27. The highest BCUT2D eigenvalue weighted by Gasteiger charge is 2.30. The lowest BCUT2D eigenvalue weighted by molar-refractivity contribution is -0.137. The summed E-state index contributed by atoms with van der Waals surface area (Å²) in [4.78, 5) is 1.71. The molecule has 1 N–H and O–H groups in total. The van der Waals surface area contributed by atoms with Crippen molar-refractivity contribution in [3.63, 3.8) is 0 Å². The number of ether oxygens (including phenoxy) is 2. The lowest BCUT2D eigenvalue weighted by atomic mass is 10.2. The van der Waals surface area contributed by atoms with Crippen molar-refractivity contribution in [1.29, 1.82) is 0 Å². The van der Waals surface area contributed by atoms with Gasteiger partial charge in [-0.25, -0.2) is 0 Å². The van der Waals surface area contributed by atoms with E-state index in [9.17, 15) is 13.2 Å². The SMILES string of the molecule is COc1ccc(CN(C)C(=S)Nc2cccc(C(F)(F)F)c2)c(OC)c1. The van der Waals surface area contributed by atoms with Crippen LogP contribution in [0.2, 0.25) is 0 Å². The third-order valence-electron chi connectivity index (χ3n) is 3.69. The van der Waals surface area contributed by atoms with E-state index in [-0.39, 0.29) is 5.69 Å². The molecule has 0 fully saturated rings. The third-order valence-corrected chi connectivity index (χ3v) is 4.10. The second-order valence-corrected chi connectivity index (χ2v) is 5.93. The summed E-state index contributed by atoms with van der Waals surface area (Å²) in [5.74, 6) is 1.30. The Kier molecular flexibility index (Phi) is 6.31. The third kappa shape index (κ3) is 5.01. The van der Waals surface area contributed by atoms with Crippen LogP contribution in [0.5, 0.6) is 11.5 Å². The lowest BCUT2D eigenvalue weighted by Gasteiger charge is -2.22. The first-order valence-electron chi connectivity index (χ1n) is 7.65. The van der Waals surface area contributed by atoms with Crippen LogP contribution < -0.4 is 14.8 Å². The molecular formula is C18H19F3N2O2S. The Balaban J connectivity index is 2.09. The van der Waals surface area contributed by atoms with E-state index in [4.69, 9.17) is 21.7 Å². The van der Waals surface area contributed by atoms with E-state index in [2.05, 4.69) is 5.32 Å². The number of methoxy groups -OCH3 is 2. The van der Waals surface area contributed by atoms with Gasteiger partial charge in [0.15, 0.2) is 5.11 Å². The van der Waals surface area contributed by atoms with Gasteiger partial charge in [0.25, 0.3) is 0 Å². The fourth-order valence-electron chi connectivity index (χ4n) is 2.30. The molecular weight excluding hydrogens is 365 g/mol. The number of nitrogens with one attached hydrogen (secondary N) is 1. The lowest BCUT2D eigenvalue weighted by Crippen LogP contribution is -2.30. The number of hydrogen-bond acceptors (Lipinski definition) is 3. The van der Waals surface area contributed by atoms with Gasteiger partial charge in [-0.05, 0) is 42.5 Å². The van der Waals surface area contributed by atoms with Crippen LogP contribution in [-0.2, 0) is 12.7 Å². The Hall–Kier alpha value is -2.48. The normalized spacial score (nSPS) is 11.0. The predicted molar refractivity (Wildman–Crippen MR) is 98.7 cm³/mol. The molecule has 0 amide bonds. The highest BCUT2D eigenvalue weighted by atomic mass is 32.1. The van der Waals surface area contributed by atoms with Crippen molar-refractivity contribution in [2.75, 3.05) is 26.6 Å². The summed E-state index contributed by atoms with van der Waals surface area (Å²) < 4.78 is 48.9. The van der Waals surface area contributed by atoms with Crippen LogP contribution in [0.25, 0.3) is 0 Å². The molecule has 4 nitrogen and oxygen atoms in total. The number of anilines is 1. The average Bonchev–Trinajstić information content (AvgIpc) is 2.61. The zero-order valence-electron chi connectivity index (χ0n) is 14.6. The van der Waals surface area contributed by atoms with Crippen LogP contribution >= 0.6 is 12.2 Å². The molecule has 0 heterocycles. The van der Waals surface area contributed by atoms with Gasteiger partial charge in [-0.3, -0.25) is 0 Å². The van der Waals surface area contributed by atoms with E-state index < -0.39 is 11.7 Å². The topological polar surface area (TPSA) is 33.7 Å². The molecule has 0 aromatic heterocycles. The number of hydrogen-bond donors (Lipinski definition) is 1. The largest absolute Gasteiger partial charge is 0.497 e. The summed E-state index contributed by atoms with van der Waals surface area (Å²) in [6, 6.07) is 10.3. The Bertz CT molecular complexity index is 781. The van der Waals surface area contributed by atoms with Crippen LogP contribution in [0.3, 0.4) is 0 Å². The van der Waals surface area contributed by atoms with Crippen molar-refractivity contribution < 1.29 is 22.6 Å². The standard InChI is InChI=1S/C18H19F3N2O2S/c1-23(11-12-7-8-15(24-2)10-16(12)25-3)17(26)22-14-6-4-5-13(9-14)18(19,20)21/h4-10H,11H2,1-3H3,(H,22,26). The monoisotopic (exact) mass is 384 g/mol. The molecule has 2 rings (SSSR count). The maximum Gasteiger partial charge on any atom is 0.416 e. The summed E-state index contributed by atoms with van der Waals surface area (Å²) in [6.07, 6.45) is -4.40. The molecule has 0 aliphatic carbocycles. The molecule has 2 aromatic rings. The number of alkyl halides is 3. The van der Waals surface area contributed by atoms with Gasteiger partial charge in [0.1, 0.15) is 11.5 Å². The first-order valence-corrected chi connectivity index (χ1v) is 8.05. The van der Waals surface area contributed by atoms with E-state index in [1.54, 1.807) is 38.3 Å². The molecule has 0 saturated heterocycles. The van der Waals surface area contributed by atoms with E-state index in [1.165, 1.54) is 12.1 Å². The summed E-state index contributed by atoms with van der Waals surface area (Å²) in [6.45, 7) is 0.415. The van der Waals surface area contributed by atoms with E-state index >= 15 is 0 Å². The van der Waals surface area contributed by atoms with Gasteiger partial charge < -0.3 is 19.7 Å². The Morgan fingerprint density at radius 1 is 1.12 bits per heavy atom. The molecule has 0 aliphatic rings. The van der Waals surface area contributed by atoms with E-state index in [1.807, 2.05) is 6.07 Å². The quantitative estimate of drug-likeness (QED) is 0.765. The van der Waals surface area contributed by atoms with Gasteiger partial charge in [0.2, 0.25) is 0 Å². The summed E-state index contributed by atoms with van der Waals surface area (Å²) in [5, 5.41) is 3.12. The second-order valence-electron chi connectivity index (χ2n) is 5.54. The Morgan fingerprint density at radius 3 is 2.46 bits per heavy atom. The Labute approximate surface area is 155 Å². The maximum absolute atomic E-state index is 12.8. The minimum absolute atomic E-state index is 0.276. The molecule has 26 heavy (non-hydrogen) atoms. The van der Waals surface area contributed by atoms with Crippen molar-refractivity contribution in [1.82, 2.24) is 4.90 Å². The van der Waals surface area contributed by atoms with Crippen molar-refractivity contribution in [3.05, 3.63) is 53.6 Å². The van der Waals surface area contributed by atoms with Crippen LogP contribution in [0.4, 0.5) is 18.9 Å². The molecule has 0 atom stereocenters. The zero-order chi connectivity index (χ0) is 19.3. The van der Waals surface area contributed by atoms with Crippen LogP contribution in [-0.4, -0.2) is 31.3 Å². The molecule has 0 bridgehead atoms. The van der Waals surface area contributed by atoms with Gasteiger partial charge >= 0.3 is 6.18 Å². The van der Waals surface area contributed by atoms with Crippen molar-refractivity contribution in [2.24, 2.45) is 0 Å². The highest BCUT2D eigenvalue weighted by Crippen LogP contribution is 2.31. The molecule has 0 spiro atoms. The summed E-state index contributed by atoms with van der Waals surface area (Å²) >= 11 is 5.29. The first kappa shape index (κ1) is 19.8. The van der Waals surface area contributed by atoms with E-state index in [0.717, 1.165) is 17.7 Å². The van der Waals surface area contributed by atoms with Gasteiger partial charge in [-0.1, -0.05) is 6.07 Å². The van der Waals surface area contributed by atoms with Crippen molar-refractivity contribution in [3.8, 4) is 11.5 Å². The van der Waals surface area contributed by atoms with Crippen LogP contribution in [0, 0.1) is 0 Å². The molecule has 140 valence electrons. The fraction of sp³-hybridized carbons (Fsp3) is 0.278. The smallest absolute Gasteiger partial charge is 0.416 e. The van der Waals surface area contributed by atoms with Crippen molar-refractivity contribution >= 4 is 23.0 Å². The van der Waals surface area contributed by atoms with E-state index in [0.29, 0.717) is 23.2 Å². The van der Waals surface area contributed by atoms with Gasteiger partial charge in [-0.15, -0.1) is 0 Å². The summed E-state index contributed by atoms with van der Waals surface area (Å²) in [7, 11) is 4.86. The average molecular weight is 384 g/mol. The Morgan fingerprint density at radius 2 is 1.85 bits per heavy atom. The zero-order valence-corrected chi connectivity index (χ0v) is 15.4. The number of halogens is 3. The molecule has 0 aliphatic heterocycles. The van der Waals surface area contributed by atoms with Crippen molar-refractivity contribution in [2.45, 2.75) is 12.7 Å². The van der Waals surface area contributed by atoms with Gasteiger partial charge in [-0.2, -0.15) is 13.2 Å². The van der Waals surface area contributed by atoms with Gasteiger partial charge in [0, 0.05) is 30.9 Å². The fourth-order valence-corrected chi connectivity index (χ4v) is 2.48. The molecule has 0 radical (unpaired) electrons. The predicted octanol–water partition coefficient (Wildman–Crippen LogP) is 4.55. The number of benzene rings is 2.